The fourth-order valence-corrected chi connectivity index (χ4v) is 1.96. The molecule has 0 radical (unpaired) electrons. The molecular weight excluding hydrogens is 275 g/mol. The van der Waals surface area contributed by atoms with E-state index in [-0.39, 0.29) is 11.7 Å². The Morgan fingerprint density at radius 2 is 1.95 bits per heavy atom. The molecule has 20 heavy (non-hydrogen) atoms. The van der Waals surface area contributed by atoms with Gasteiger partial charge in [-0.2, -0.15) is 0 Å². The lowest BCUT2D eigenvalue weighted by molar-refractivity contribution is 0.247. The molecule has 0 saturated carbocycles. The highest BCUT2D eigenvalue weighted by atomic mass is 32.1. The van der Waals surface area contributed by atoms with Gasteiger partial charge in [-0.1, -0.05) is 30.3 Å². The molecule has 1 N–H and O–H groups in total. The van der Waals surface area contributed by atoms with Gasteiger partial charge >= 0.3 is 6.03 Å². The van der Waals surface area contributed by atoms with Crippen molar-refractivity contribution in [2.75, 3.05) is 11.9 Å². The first-order valence-electron chi connectivity index (χ1n) is 6.12. The van der Waals surface area contributed by atoms with Gasteiger partial charge in [0.1, 0.15) is 5.82 Å². The number of anilines is 1. The van der Waals surface area contributed by atoms with Crippen LogP contribution in [0, 0.1) is 5.82 Å². The zero-order chi connectivity index (χ0) is 14.5. The third-order valence-electron chi connectivity index (χ3n) is 2.88. The Morgan fingerprint density at radius 1 is 1.25 bits per heavy atom. The summed E-state index contributed by atoms with van der Waals surface area (Å²) < 4.78 is 13.8. The van der Waals surface area contributed by atoms with E-state index in [0.29, 0.717) is 11.4 Å². The number of amides is 2. The Labute approximate surface area is 122 Å². The number of urea groups is 1. The number of nitrogens with one attached hydrogen (secondary N) is 1. The van der Waals surface area contributed by atoms with Gasteiger partial charge < -0.3 is 5.32 Å². The molecule has 0 bridgehead atoms. The Balaban J connectivity index is 2.01. The number of rotatable bonds is 3. The molecule has 0 unspecified atom stereocenters. The second-order valence-electron chi connectivity index (χ2n) is 4.34. The van der Waals surface area contributed by atoms with Crippen LogP contribution in [0.2, 0.25) is 0 Å². The number of halogens is 1. The van der Waals surface area contributed by atoms with Crippen molar-refractivity contribution < 1.29 is 9.18 Å². The summed E-state index contributed by atoms with van der Waals surface area (Å²) in [7, 11) is 1.52. The minimum Gasteiger partial charge on any atom is -0.334 e. The van der Waals surface area contributed by atoms with Crippen molar-refractivity contribution in [3.05, 3.63) is 59.9 Å². The van der Waals surface area contributed by atoms with Crippen LogP contribution in [0.25, 0.3) is 0 Å². The molecule has 3 nitrogen and oxygen atoms in total. The van der Waals surface area contributed by atoms with Gasteiger partial charge in [0.2, 0.25) is 0 Å². The minimum atomic E-state index is -0.477. The highest BCUT2D eigenvalue weighted by Crippen LogP contribution is 2.21. The molecule has 2 amide bonds. The predicted molar refractivity (Wildman–Crippen MR) is 80.7 cm³/mol. The molecule has 0 atom stereocenters. The van der Waals surface area contributed by atoms with E-state index in [2.05, 4.69) is 17.9 Å². The molecule has 0 aliphatic rings. The van der Waals surface area contributed by atoms with Crippen LogP contribution in [0.15, 0.2) is 53.4 Å². The molecule has 104 valence electrons. The van der Waals surface area contributed by atoms with Crippen LogP contribution in [0.4, 0.5) is 14.9 Å². The summed E-state index contributed by atoms with van der Waals surface area (Å²) in [5.74, 6) is -0.477. The van der Waals surface area contributed by atoms with Gasteiger partial charge in [-0.15, -0.1) is 12.6 Å². The van der Waals surface area contributed by atoms with Crippen LogP contribution in [0.5, 0.6) is 0 Å². The van der Waals surface area contributed by atoms with Gasteiger partial charge in [-0.05, 0) is 23.8 Å². The van der Waals surface area contributed by atoms with E-state index in [9.17, 15) is 9.18 Å². The summed E-state index contributed by atoms with van der Waals surface area (Å²) in [5, 5.41) is 2.74. The Hall–Kier alpha value is -2.01. The molecule has 2 rings (SSSR count). The summed E-state index contributed by atoms with van der Waals surface area (Å²) in [6.07, 6.45) is 0. The highest BCUT2D eigenvalue weighted by molar-refractivity contribution is 7.80. The first-order chi connectivity index (χ1) is 9.58. The Morgan fingerprint density at radius 3 is 2.60 bits per heavy atom. The zero-order valence-corrected chi connectivity index (χ0v) is 11.9. The van der Waals surface area contributed by atoms with Crippen LogP contribution in [-0.4, -0.2) is 13.1 Å². The van der Waals surface area contributed by atoms with Crippen molar-refractivity contribution in [1.82, 2.24) is 5.32 Å². The van der Waals surface area contributed by atoms with Gasteiger partial charge in [0, 0.05) is 18.5 Å². The first kappa shape index (κ1) is 14.4. The first-order valence-corrected chi connectivity index (χ1v) is 6.56. The third-order valence-corrected chi connectivity index (χ3v) is 3.16. The number of carbonyl (C=O) groups excluding carboxylic acids is 1. The number of nitrogens with zero attached hydrogens (tertiary/aromatic N) is 1. The maximum Gasteiger partial charge on any atom is 0.321 e. The number of thiol groups is 1. The number of benzene rings is 2. The summed E-state index contributed by atoms with van der Waals surface area (Å²) in [6.45, 7) is 0.399. The monoisotopic (exact) mass is 290 g/mol. The fourth-order valence-electron chi connectivity index (χ4n) is 1.77. The molecule has 0 aromatic heterocycles. The predicted octanol–water partition coefficient (Wildman–Crippen LogP) is 3.46. The van der Waals surface area contributed by atoms with E-state index >= 15 is 0 Å². The molecule has 0 spiro atoms. The van der Waals surface area contributed by atoms with Crippen LogP contribution in [0.3, 0.4) is 0 Å². The standard InChI is InChI=1S/C15H15FN2OS/c1-18(14-8-7-12(20)9-13(14)16)15(19)17-10-11-5-3-2-4-6-11/h2-9,20H,10H2,1H3,(H,17,19). The molecular formula is C15H15FN2OS. The lowest BCUT2D eigenvalue weighted by atomic mass is 10.2. The topological polar surface area (TPSA) is 32.3 Å². The van der Waals surface area contributed by atoms with E-state index < -0.39 is 5.82 Å². The molecule has 0 aliphatic carbocycles. The lowest BCUT2D eigenvalue weighted by Gasteiger charge is -2.19. The van der Waals surface area contributed by atoms with Gasteiger partial charge in [0.25, 0.3) is 0 Å². The normalized spacial score (nSPS) is 10.2. The summed E-state index contributed by atoms with van der Waals surface area (Å²) >= 11 is 4.05. The molecule has 2 aromatic carbocycles. The third kappa shape index (κ3) is 3.51. The number of hydrogen-bond donors (Lipinski definition) is 2. The van der Waals surface area contributed by atoms with Gasteiger partial charge in [0.05, 0.1) is 5.69 Å². The summed E-state index contributed by atoms with van der Waals surface area (Å²) in [4.78, 5) is 13.7. The van der Waals surface area contributed by atoms with Crippen LogP contribution in [-0.2, 0) is 6.54 Å². The quantitative estimate of drug-likeness (QED) is 0.834. The van der Waals surface area contributed by atoms with E-state index in [1.54, 1.807) is 6.07 Å². The summed E-state index contributed by atoms with van der Waals surface area (Å²) in [6, 6.07) is 13.6. The second-order valence-corrected chi connectivity index (χ2v) is 4.86. The fraction of sp³-hybridized carbons (Fsp3) is 0.133. The smallest absolute Gasteiger partial charge is 0.321 e. The van der Waals surface area contributed by atoms with Crippen LogP contribution >= 0.6 is 12.6 Å². The van der Waals surface area contributed by atoms with Crippen molar-refractivity contribution in [2.24, 2.45) is 0 Å². The molecule has 0 aliphatic heterocycles. The lowest BCUT2D eigenvalue weighted by Crippen LogP contribution is -2.37. The minimum absolute atomic E-state index is 0.216. The largest absolute Gasteiger partial charge is 0.334 e. The zero-order valence-electron chi connectivity index (χ0n) is 11.0. The Bertz CT molecular complexity index is 604. The average Bonchev–Trinajstić information content (AvgIpc) is 2.45. The SMILES string of the molecule is CN(C(=O)NCc1ccccc1)c1ccc(S)cc1F. The van der Waals surface area contributed by atoms with Gasteiger partial charge in [-0.3, -0.25) is 4.90 Å². The molecule has 2 aromatic rings. The number of carbonyl (C=O) groups is 1. The Kier molecular flexibility index (Phi) is 4.63. The van der Waals surface area contributed by atoms with Gasteiger partial charge in [0.15, 0.2) is 0 Å². The van der Waals surface area contributed by atoms with Crippen molar-refractivity contribution >= 4 is 24.3 Å². The van der Waals surface area contributed by atoms with E-state index in [1.165, 1.54) is 24.1 Å². The van der Waals surface area contributed by atoms with Crippen molar-refractivity contribution in [3.63, 3.8) is 0 Å². The molecule has 0 heterocycles. The van der Waals surface area contributed by atoms with E-state index in [1.807, 2.05) is 30.3 Å². The van der Waals surface area contributed by atoms with Crippen LogP contribution < -0.4 is 10.2 Å². The molecule has 0 fully saturated rings. The summed E-state index contributed by atoms with van der Waals surface area (Å²) in [5.41, 5.74) is 1.20. The van der Waals surface area contributed by atoms with E-state index in [4.69, 9.17) is 0 Å². The van der Waals surface area contributed by atoms with Crippen molar-refractivity contribution in [2.45, 2.75) is 11.4 Å². The highest BCUT2D eigenvalue weighted by Gasteiger charge is 2.14. The average molecular weight is 290 g/mol. The van der Waals surface area contributed by atoms with E-state index in [0.717, 1.165) is 5.56 Å². The second kappa shape index (κ2) is 6.43. The van der Waals surface area contributed by atoms with Crippen LogP contribution in [0.1, 0.15) is 5.56 Å². The maximum absolute atomic E-state index is 13.8. The van der Waals surface area contributed by atoms with Crippen molar-refractivity contribution in [1.29, 1.82) is 0 Å². The molecule has 0 saturated heterocycles. The number of hydrogen-bond acceptors (Lipinski definition) is 2. The van der Waals surface area contributed by atoms with Crippen molar-refractivity contribution in [3.8, 4) is 0 Å². The maximum atomic E-state index is 13.8. The molecule has 5 heteroatoms. The van der Waals surface area contributed by atoms with Gasteiger partial charge in [-0.25, -0.2) is 9.18 Å².